The zero-order chi connectivity index (χ0) is 12.5. The molecule has 1 aromatic carbocycles. The minimum Gasteiger partial charge on any atom is -0.299 e. The molecule has 0 saturated heterocycles. The molecule has 0 aliphatic heterocycles. The van der Waals surface area contributed by atoms with Gasteiger partial charge in [-0.25, -0.2) is 0 Å². The molecule has 0 unspecified atom stereocenters. The molecular weight excluding hydrogens is 208 g/mol. The molecule has 92 valence electrons. The van der Waals surface area contributed by atoms with Crippen LogP contribution in [-0.2, 0) is 4.79 Å². The first kappa shape index (κ1) is 12.3. The van der Waals surface area contributed by atoms with Gasteiger partial charge in [0.15, 0.2) is 0 Å². The van der Waals surface area contributed by atoms with Crippen LogP contribution in [0.2, 0.25) is 0 Å². The van der Waals surface area contributed by atoms with Gasteiger partial charge in [0.2, 0.25) is 0 Å². The van der Waals surface area contributed by atoms with Crippen LogP contribution in [0.1, 0.15) is 51.5 Å². The summed E-state index contributed by atoms with van der Waals surface area (Å²) in [5.41, 5.74) is 1.23. The zero-order valence-electron chi connectivity index (χ0n) is 11.1. The van der Waals surface area contributed by atoms with E-state index in [-0.39, 0.29) is 11.3 Å². The minimum absolute atomic E-state index is 0.0739. The zero-order valence-corrected chi connectivity index (χ0v) is 11.1. The van der Waals surface area contributed by atoms with Gasteiger partial charge in [-0.05, 0) is 24.3 Å². The number of hydrogen-bond donors (Lipinski definition) is 0. The van der Waals surface area contributed by atoms with Crippen LogP contribution in [-0.4, -0.2) is 5.78 Å². The van der Waals surface area contributed by atoms with Crippen molar-refractivity contribution >= 4 is 5.78 Å². The van der Waals surface area contributed by atoms with Gasteiger partial charge in [-0.1, -0.05) is 57.5 Å². The number of carbonyl (C=O) groups is 1. The van der Waals surface area contributed by atoms with E-state index in [1.165, 1.54) is 12.0 Å². The van der Waals surface area contributed by atoms with Crippen LogP contribution >= 0.6 is 0 Å². The molecule has 1 fully saturated rings. The summed E-state index contributed by atoms with van der Waals surface area (Å²) in [5.74, 6) is 0.967. The van der Waals surface area contributed by atoms with Crippen LogP contribution < -0.4 is 0 Å². The van der Waals surface area contributed by atoms with Gasteiger partial charge >= 0.3 is 0 Å². The molecule has 17 heavy (non-hydrogen) atoms. The largest absolute Gasteiger partial charge is 0.299 e. The molecule has 1 atom stereocenters. The molecule has 0 radical (unpaired) electrons. The van der Waals surface area contributed by atoms with E-state index < -0.39 is 0 Å². The van der Waals surface area contributed by atoms with E-state index in [1.807, 2.05) is 19.9 Å². The van der Waals surface area contributed by atoms with Gasteiger partial charge in [-0.3, -0.25) is 4.79 Å². The van der Waals surface area contributed by atoms with Gasteiger partial charge in [0.05, 0.1) is 0 Å². The Morgan fingerprint density at radius 3 is 2.12 bits per heavy atom. The van der Waals surface area contributed by atoms with E-state index in [0.717, 1.165) is 12.8 Å². The first-order valence-electron chi connectivity index (χ1n) is 6.67. The van der Waals surface area contributed by atoms with Crippen molar-refractivity contribution in [1.29, 1.82) is 0 Å². The van der Waals surface area contributed by atoms with Crippen molar-refractivity contribution in [2.75, 3.05) is 0 Å². The van der Waals surface area contributed by atoms with Crippen LogP contribution in [0.25, 0.3) is 0 Å². The molecule has 0 aromatic heterocycles. The maximum atomic E-state index is 12.5. The number of benzene rings is 1. The Hall–Kier alpha value is -1.11. The third kappa shape index (κ3) is 2.03. The number of carbonyl (C=O) groups excluding carboxylic acids is 1. The van der Waals surface area contributed by atoms with E-state index in [9.17, 15) is 4.79 Å². The molecule has 1 nitrogen and oxygen atoms in total. The van der Waals surface area contributed by atoms with E-state index >= 15 is 0 Å². The highest BCUT2D eigenvalue weighted by Crippen LogP contribution is 2.53. The highest BCUT2D eigenvalue weighted by molar-refractivity contribution is 5.88. The molecule has 2 rings (SSSR count). The third-order valence-electron chi connectivity index (χ3n) is 4.39. The highest BCUT2D eigenvalue weighted by atomic mass is 16.1. The smallest absolute Gasteiger partial charge is 0.142 e. The number of hydrogen-bond acceptors (Lipinski definition) is 1. The summed E-state index contributed by atoms with van der Waals surface area (Å²) < 4.78 is 0. The maximum absolute atomic E-state index is 12.5. The summed E-state index contributed by atoms with van der Waals surface area (Å²) in [6, 6.07) is 10.5. The monoisotopic (exact) mass is 230 g/mol. The second kappa shape index (κ2) is 4.64. The van der Waals surface area contributed by atoms with Crippen molar-refractivity contribution in [1.82, 2.24) is 0 Å². The Labute approximate surface area is 104 Å². The molecule has 0 amide bonds. The second-order valence-corrected chi connectivity index (χ2v) is 5.66. The molecular formula is C16H22O. The molecule has 0 heterocycles. The van der Waals surface area contributed by atoms with Crippen molar-refractivity contribution in [2.45, 2.75) is 46.0 Å². The van der Waals surface area contributed by atoms with E-state index in [4.69, 9.17) is 0 Å². The third-order valence-corrected chi connectivity index (χ3v) is 4.39. The van der Waals surface area contributed by atoms with Crippen LogP contribution in [0, 0.1) is 11.3 Å². The van der Waals surface area contributed by atoms with Gasteiger partial charge < -0.3 is 0 Å². The Kier molecular flexibility index (Phi) is 3.37. The van der Waals surface area contributed by atoms with Crippen LogP contribution in [0.3, 0.4) is 0 Å². The summed E-state index contributed by atoms with van der Waals surface area (Å²) in [5, 5.41) is 0. The number of ketones is 1. The SMILES string of the molecule is CC(C)C(=O)C1([C@H](C)c2ccccc2)CCC1. The van der Waals surface area contributed by atoms with E-state index in [0.29, 0.717) is 11.7 Å². The Bertz CT molecular complexity index is 387. The first-order valence-corrected chi connectivity index (χ1v) is 6.67. The predicted molar refractivity (Wildman–Crippen MR) is 71.0 cm³/mol. The maximum Gasteiger partial charge on any atom is 0.142 e. The van der Waals surface area contributed by atoms with Crippen molar-refractivity contribution in [2.24, 2.45) is 11.3 Å². The average Bonchev–Trinajstić information content (AvgIpc) is 2.28. The normalized spacial score (nSPS) is 19.8. The van der Waals surface area contributed by atoms with Crippen molar-refractivity contribution in [3.63, 3.8) is 0 Å². The van der Waals surface area contributed by atoms with Crippen LogP contribution in [0.4, 0.5) is 0 Å². The van der Waals surface area contributed by atoms with E-state index in [2.05, 4.69) is 31.2 Å². The summed E-state index contributed by atoms with van der Waals surface area (Å²) in [7, 11) is 0. The van der Waals surface area contributed by atoms with Gasteiger partial charge in [0.25, 0.3) is 0 Å². The Morgan fingerprint density at radius 1 is 1.12 bits per heavy atom. The first-order chi connectivity index (χ1) is 8.08. The van der Waals surface area contributed by atoms with Crippen molar-refractivity contribution in [3.8, 4) is 0 Å². The van der Waals surface area contributed by atoms with Crippen LogP contribution in [0.15, 0.2) is 30.3 Å². The fourth-order valence-corrected chi connectivity index (χ4v) is 3.09. The molecule has 1 saturated carbocycles. The topological polar surface area (TPSA) is 17.1 Å². The van der Waals surface area contributed by atoms with E-state index in [1.54, 1.807) is 0 Å². The molecule has 1 aromatic rings. The lowest BCUT2D eigenvalue weighted by molar-refractivity contribution is -0.138. The molecule has 1 aliphatic carbocycles. The second-order valence-electron chi connectivity index (χ2n) is 5.66. The predicted octanol–water partition coefficient (Wildman–Crippen LogP) is 4.19. The summed E-state index contributed by atoms with van der Waals surface area (Å²) in [6.07, 6.45) is 3.34. The standard InChI is InChI=1S/C16H22O/c1-12(2)15(17)16(10-7-11-16)13(3)14-8-5-4-6-9-14/h4-6,8-9,12-13H,7,10-11H2,1-3H3/t13-/m1/s1. The Balaban J connectivity index is 2.27. The quantitative estimate of drug-likeness (QED) is 0.758. The number of Topliss-reactive ketones (excluding diaryl/α,β-unsaturated/α-hetero) is 1. The molecule has 0 bridgehead atoms. The van der Waals surface area contributed by atoms with Crippen molar-refractivity contribution < 1.29 is 4.79 Å². The van der Waals surface area contributed by atoms with Crippen molar-refractivity contribution in [3.05, 3.63) is 35.9 Å². The van der Waals surface area contributed by atoms with Gasteiger partial charge in [-0.2, -0.15) is 0 Å². The highest BCUT2D eigenvalue weighted by Gasteiger charge is 2.48. The Morgan fingerprint density at radius 2 is 1.71 bits per heavy atom. The van der Waals surface area contributed by atoms with Gasteiger partial charge in [0.1, 0.15) is 5.78 Å². The molecule has 0 N–H and O–H groups in total. The fraction of sp³-hybridized carbons (Fsp3) is 0.562. The summed E-state index contributed by atoms with van der Waals surface area (Å²) in [6.45, 7) is 6.27. The molecule has 1 aliphatic rings. The number of rotatable bonds is 4. The lowest BCUT2D eigenvalue weighted by Crippen LogP contribution is -2.44. The van der Waals surface area contributed by atoms with Gasteiger partial charge in [-0.15, -0.1) is 0 Å². The van der Waals surface area contributed by atoms with Gasteiger partial charge in [0, 0.05) is 11.3 Å². The average molecular weight is 230 g/mol. The summed E-state index contributed by atoms with van der Waals surface area (Å²) >= 11 is 0. The summed E-state index contributed by atoms with van der Waals surface area (Å²) in [4.78, 5) is 12.5. The lowest BCUT2D eigenvalue weighted by Gasteiger charge is -2.46. The van der Waals surface area contributed by atoms with Crippen LogP contribution in [0.5, 0.6) is 0 Å². The lowest BCUT2D eigenvalue weighted by atomic mass is 9.56. The molecule has 0 spiro atoms. The fourth-order valence-electron chi connectivity index (χ4n) is 3.09. The minimum atomic E-state index is -0.0739. The molecule has 1 heteroatoms.